The van der Waals surface area contributed by atoms with Crippen LogP contribution in [0.4, 0.5) is 0 Å². The van der Waals surface area contributed by atoms with Gasteiger partial charge in [-0.3, -0.25) is 0 Å². The molecule has 0 aliphatic heterocycles. The third kappa shape index (κ3) is 6.10. The van der Waals surface area contributed by atoms with Gasteiger partial charge in [-0.1, -0.05) is 27.2 Å². The monoisotopic (exact) mass is 260 g/mol. The Kier molecular flexibility index (Phi) is 7.54. The first-order valence-corrected chi connectivity index (χ1v) is 7.78. The number of alkyl halides is 1. The minimum atomic E-state index is 0.395. The van der Waals surface area contributed by atoms with Crippen molar-refractivity contribution in [2.75, 3.05) is 13.2 Å². The second-order valence-electron chi connectivity index (χ2n) is 5.95. The van der Waals surface area contributed by atoms with Gasteiger partial charge in [-0.25, -0.2) is 0 Å². The van der Waals surface area contributed by atoms with Crippen LogP contribution >= 0.6 is 11.6 Å². The molecule has 0 aromatic heterocycles. The zero-order chi connectivity index (χ0) is 12.7. The molecule has 1 aliphatic rings. The van der Waals surface area contributed by atoms with Gasteiger partial charge in [0.25, 0.3) is 0 Å². The van der Waals surface area contributed by atoms with Crippen LogP contribution in [0.3, 0.4) is 0 Å². The summed E-state index contributed by atoms with van der Waals surface area (Å²) in [6, 6.07) is 0. The van der Waals surface area contributed by atoms with Crippen molar-refractivity contribution in [3.05, 3.63) is 0 Å². The molecule has 0 amide bonds. The SMILES string of the molecule is CCC1CCC(Cl)C(CCOCCC(C)C)C1. The van der Waals surface area contributed by atoms with Gasteiger partial charge in [0.05, 0.1) is 0 Å². The molecule has 0 heterocycles. The first-order chi connectivity index (χ1) is 8.13. The number of hydrogen-bond acceptors (Lipinski definition) is 1. The van der Waals surface area contributed by atoms with E-state index in [4.69, 9.17) is 16.3 Å². The fourth-order valence-corrected chi connectivity index (χ4v) is 3.00. The summed E-state index contributed by atoms with van der Waals surface area (Å²) in [5.74, 6) is 2.34. The molecule has 0 N–H and O–H groups in total. The van der Waals surface area contributed by atoms with E-state index in [0.29, 0.717) is 11.3 Å². The van der Waals surface area contributed by atoms with Crippen molar-refractivity contribution in [1.82, 2.24) is 0 Å². The normalized spacial score (nSPS) is 29.8. The van der Waals surface area contributed by atoms with Crippen LogP contribution < -0.4 is 0 Å². The molecule has 1 saturated carbocycles. The molecule has 0 spiro atoms. The van der Waals surface area contributed by atoms with Crippen LogP contribution in [-0.2, 0) is 4.74 Å². The van der Waals surface area contributed by atoms with Crippen LogP contribution in [-0.4, -0.2) is 18.6 Å². The largest absolute Gasteiger partial charge is 0.381 e. The smallest absolute Gasteiger partial charge is 0.0469 e. The van der Waals surface area contributed by atoms with E-state index in [9.17, 15) is 0 Å². The average molecular weight is 261 g/mol. The van der Waals surface area contributed by atoms with E-state index in [1.165, 1.54) is 32.1 Å². The Labute approximate surface area is 112 Å². The standard InChI is InChI=1S/C15H29ClO/c1-4-13-5-6-15(16)14(11-13)8-10-17-9-7-12(2)3/h12-15H,4-11H2,1-3H3. The van der Waals surface area contributed by atoms with Crippen LogP contribution in [0.5, 0.6) is 0 Å². The highest BCUT2D eigenvalue weighted by Crippen LogP contribution is 2.36. The summed E-state index contributed by atoms with van der Waals surface area (Å²) in [5.41, 5.74) is 0. The highest BCUT2D eigenvalue weighted by molar-refractivity contribution is 6.20. The zero-order valence-corrected chi connectivity index (χ0v) is 12.5. The Morgan fingerprint density at radius 1 is 1.24 bits per heavy atom. The third-order valence-electron chi connectivity index (χ3n) is 4.05. The number of rotatable bonds is 7. The molecule has 3 unspecified atom stereocenters. The topological polar surface area (TPSA) is 9.23 Å². The van der Waals surface area contributed by atoms with Crippen LogP contribution in [0.25, 0.3) is 0 Å². The molecule has 1 aliphatic carbocycles. The summed E-state index contributed by atoms with van der Waals surface area (Å²) in [6.07, 6.45) is 7.49. The van der Waals surface area contributed by atoms with Crippen LogP contribution in [0.2, 0.25) is 0 Å². The van der Waals surface area contributed by atoms with Gasteiger partial charge in [0.1, 0.15) is 0 Å². The lowest BCUT2D eigenvalue weighted by Crippen LogP contribution is -2.26. The van der Waals surface area contributed by atoms with Gasteiger partial charge in [0, 0.05) is 18.6 Å². The summed E-state index contributed by atoms with van der Waals surface area (Å²) in [7, 11) is 0. The molecule has 1 rings (SSSR count). The number of hydrogen-bond donors (Lipinski definition) is 0. The maximum atomic E-state index is 6.41. The van der Waals surface area contributed by atoms with Crippen molar-refractivity contribution in [1.29, 1.82) is 0 Å². The lowest BCUT2D eigenvalue weighted by atomic mass is 9.78. The highest BCUT2D eigenvalue weighted by Gasteiger charge is 2.27. The molecular weight excluding hydrogens is 232 g/mol. The lowest BCUT2D eigenvalue weighted by molar-refractivity contribution is 0.100. The van der Waals surface area contributed by atoms with Crippen molar-refractivity contribution < 1.29 is 4.74 Å². The molecule has 1 fully saturated rings. The molecule has 3 atom stereocenters. The maximum absolute atomic E-state index is 6.41. The Morgan fingerprint density at radius 2 is 2.00 bits per heavy atom. The van der Waals surface area contributed by atoms with Crippen molar-refractivity contribution >= 4 is 11.6 Å². The Hall–Kier alpha value is 0.250. The quantitative estimate of drug-likeness (QED) is 0.469. The molecule has 1 nitrogen and oxygen atoms in total. The summed E-state index contributed by atoms with van der Waals surface area (Å²) < 4.78 is 5.71. The predicted molar refractivity (Wildman–Crippen MR) is 75.7 cm³/mol. The van der Waals surface area contributed by atoms with Crippen LogP contribution in [0, 0.1) is 17.8 Å². The number of halogens is 1. The molecular formula is C15H29ClO. The molecule has 2 heteroatoms. The Morgan fingerprint density at radius 3 is 2.65 bits per heavy atom. The lowest BCUT2D eigenvalue weighted by Gasteiger charge is -2.32. The van der Waals surface area contributed by atoms with E-state index in [1.54, 1.807) is 0 Å². The van der Waals surface area contributed by atoms with Gasteiger partial charge in [0.2, 0.25) is 0 Å². The molecule has 0 bridgehead atoms. The molecule has 0 aromatic rings. The van der Waals surface area contributed by atoms with Gasteiger partial charge in [-0.2, -0.15) is 0 Å². The average Bonchev–Trinajstić information content (AvgIpc) is 2.30. The molecule has 0 saturated heterocycles. The summed E-state index contributed by atoms with van der Waals surface area (Å²) >= 11 is 6.41. The second-order valence-corrected chi connectivity index (χ2v) is 6.51. The molecule has 17 heavy (non-hydrogen) atoms. The summed E-state index contributed by atoms with van der Waals surface area (Å²) in [4.78, 5) is 0. The fourth-order valence-electron chi connectivity index (χ4n) is 2.65. The molecule has 0 aromatic carbocycles. The minimum absolute atomic E-state index is 0.395. The van der Waals surface area contributed by atoms with Crippen LogP contribution in [0.1, 0.15) is 59.3 Å². The van der Waals surface area contributed by atoms with Crippen LogP contribution in [0.15, 0.2) is 0 Å². The van der Waals surface area contributed by atoms with Gasteiger partial charge in [-0.15, -0.1) is 11.6 Å². The van der Waals surface area contributed by atoms with Gasteiger partial charge < -0.3 is 4.74 Å². The van der Waals surface area contributed by atoms with E-state index in [-0.39, 0.29) is 0 Å². The van der Waals surface area contributed by atoms with E-state index < -0.39 is 0 Å². The summed E-state index contributed by atoms with van der Waals surface area (Å²) in [5, 5.41) is 0.395. The third-order valence-corrected chi connectivity index (χ3v) is 4.62. The van der Waals surface area contributed by atoms with E-state index in [0.717, 1.165) is 31.5 Å². The first-order valence-electron chi connectivity index (χ1n) is 7.35. The van der Waals surface area contributed by atoms with E-state index in [2.05, 4.69) is 20.8 Å². The zero-order valence-electron chi connectivity index (χ0n) is 11.8. The minimum Gasteiger partial charge on any atom is -0.381 e. The highest BCUT2D eigenvalue weighted by atomic mass is 35.5. The van der Waals surface area contributed by atoms with Gasteiger partial charge >= 0.3 is 0 Å². The van der Waals surface area contributed by atoms with Gasteiger partial charge in [0.15, 0.2) is 0 Å². The maximum Gasteiger partial charge on any atom is 0.0469 e. The summed E-state index contributed by atoms with van der Waals surface area (Å²) in [6.45, 7) is 8.59. The predicted octanol–water partition coefficient (Wildman–Crippen LogP) is 4.87. The van der Waals surface area contributed by atoms with Crippen molar-refractivity contribution in [3.63, 3.8) is 0 Å². The van der Waals surface area contributed by atoms with Crippen molar-refractivity contribution in [2.24, 2.45) is 17.8 Å². The number of ether oxygens (including phenoxy) is 1. The first kappa shape index (κ1) is 15.3. The van der Waals surface area contributed by atoms with Gasteiger partial charge in [-0.05, 0) is 49.9 Å². The fraction of sp³-hybridized carbons (Fsp3) is 1.00. The molecule has 102 valence electrons. The Balaban J connectivity index is 2.12. The van der Waals surface area contributed by atoms with Crippen molar-refractivity contribution in [2.45, 2.75) is 64.7 Å². The second kappa shape index (κ2) is 8.37. The van der Waals surface area contributed by atoms with E-state index in [1.807, 2.05) is 0 Å². The van der Waals surface area contributed by atoms with E-state index >= 15 is 0 Å². The van der Waals surface area contributed by atoms with Crippen molar-refractivity contribution in [3.8, 4) is 0 Å². The molecule has 0 radical (unpaired) electrons. The Bertz CT molecular complexity index is 193.